The molecular formula is C14H18ClN5O. The van der Waals surface area contributed by atoms with E-state index in [-0.39, 0.29) is 0 Å². The van der Waals surface area contributed by atoms with Crippen LogP contribution in [0.2, 0.25) is 5.02 Å². The van der Waals surface area contributed by atoms with Crippen molar-refractivity contribution in [3.8, 4) is 5.75 Å². The number of methoxy groups -OCH3 is 1. The fourth-order valence-corrected chi connectivity index (χ4v) is 2.10. The Bertz CT molecular complexity index is 675. The summed E-state index contributed by atoms with van der Waals surface area (Å²) in [4.78, 5) is 8.63. The summed E-state index contributed by atoms with van der Waals surface area (Å²) in [6, 6.07) is 3.68. The number of aryl methyl sites for hydroxylation is 2. The first-order chi connectivity index (χ1) is 9.96. The molecule has 6 nitrogen and oxygen atoms in total. The molecule has 0 amide bonds. The molecule has 0 spiro atoms. The van der Waals surface area contributed by atoms with Gasteiger partial charge in [0.2, 0.25) is 0 Å². The van der Waals surface area contributed by atoms with E-state index in [2.05, 4.69) is 20.7 Å². The second-order valence-corrected chi connectivity index (χ2v) is 5.07. The van der Waals surface area contributed by atoms with Gasteiger partial charge in [-0.3, -0.25) is 0 Å². The zero-order chi connectivity index (χ0) is 15.6. The standard InChI is InChI=1S/C14H18ClN5O/c1-7-5-11(12(21-4)6-10(7)15)19-13-8(2)14(20-16)18-9(3)17-13/h5-6H,16H2,1-4H3,(H2,17,18,19,20). The summed E-state index contributed by atoms with van der Waals surface area (Å²) in [5, 5.41) is 3.90. The van der Waals surface area contributed by atoms with Gasteiger partial charge in [0.15, 0.2) is 0 Å². The summed E-state index contributed by atoms with van der Waals surface area (Å²) in [5.74, 6) is 7.97. The lowest BCUT2D eigenvalue weighted by molar-refractivity contribution is 0.416. The predicted molar refractivity (Wildman–Crippen MR) is 85.3 cm³/mol. The molecule has 2 aromatic rings. The Labute approximate surface area is 128 Å². The van der Waals surface area contributed by atoms with Crippen LogP contribution in [0.15, 0.2) is 12.1 Å². The second kappa shape index (κ2) is 6.15. The van der Waals surface area contributed by atoms with E-state index in [0.29, 0.717) is 28.2 Å². The zero-order valence-electron chi connectivity index (χ0n) is 12.4. The number of hydrogen-bond acceptors (Lipinski definition) is 6. The molecule has 0 saturated heterocycles. The third-order valence-corrected chi connectivity index (χ3v) is 3.54. The Morgan fingerprint density at radius 2 is 1.81 bits per heavy atom. The van der Waals surface area contributed by atoms with E-state index < -0.39 is 0 Å². The Kier molecular flexibility index (Phi) is 4.50. The maximum absolute atomic E-state index is 6.11. The van der Waals surface area contributed by atoms with Crippen LogP contribution in [0.3, 0.4) is 0 Å². The Balaban J connectivity index is 2.47. The smallest absolute Gasteiger partial charge is 0.148 e. The van der Waals surface area contributed by atoms with Gasteiger partial charge >= 0.3 is 0 Å². The summed E-state index contributed by atoms with van der Waals surface area (Å²) in [7, 11) is 1.59. The van der Waals surface area contributed by atoms with E-state index in [1.165, 1.54) is 0 Å². The Morgan fingerprint density at radius 1 is 1.14 bits per heavy atom. The molecule has 0 atom stereocenters. The molecule has 112 valence electrons. The number of rotatable bonds is 4. The van der Waals surface area contributed by atoms with Crippen LogP contribution in [0, 0.1) is 20.8 Å². The minimum Gasteiger partial charge on any atom is -0.495 e. The molecule has 0 radical (unpaired) electrons. The van der Waals surface area contributed by atoms with Gasteiger partial charge in [0.1, 0.15) is 23.2 Å². The molecule has 1 aromatic carbocycles. The van der Waals surface area contributed by atoms with Crippen LogP contribution in [0.25, 0.3) is 0 Å². The van der Waals surface area contributed by atoms with Crippen LogP contribution in [0.4, 0.5) is 17.3 Å². The van der Waals surface area contributed by atoms with Crippen LogP contribution in [0.1, 0.15) is 17.0 Å². The number of aromatic nitrogens is 2. The van der Waals surface area contributed by atoms with Crippen LogP contribution in [-0.4, -0.2) is 17.1 Å². The molecule has 1 heterocycles. The number of anilines is 3. The molecule has 0 aliphatic carbocycles. The van der Waals surface area contributed by atoms with Crippen molar-refractivity contribution in [3.05, 3.63) is 34.1 Å². The lowest BCUT2D eigenvalue weighted by atomic mass is 10.2. The van der Waals surface area contributed by atoms with Crippen LogP contribution in [0.5, 0.6) is 5.75 Å². The quantitative estimate of drug-likeness (QED) is 0.594. The van der Waals surface area contributed by atoms with E-state index in [1.807, 2.05) is 19.9 Å². The lowest BCUT2D eigenvalue weighted by Crippen LogP contribution is -2.13. The fourth-order valence-electron chi connectivity index (χ4n) is 1.95. The molecule has 0 fully saturated rings. The molecule has 0 bridgehead atoms. The first-order valence-electron chi connectivity index (χ1n) is 6.39. The van der Waals surface area contributed by atoms with Crippen LogP contribution >= 0.6 is 11.6 Å². The van der Waals surface area contributed by atoms with Crippen LogP contribution < -0.4 is 21.3 Å². The first-order valence-corrected chi connectivity index (χ1v) is 6.77. The summed E-state index contributed by atoms with van der Waals surface area (Å²) >= 11 is 6.11. The van der Waals surface area contributed by atoms with Gasteiger partial charge in [-0.2, -0.15) is 0 Å². The highest BCUT2D eigenvalue weighted by Gasteiger charge is 2.12. The number of nitrogens with one attached hydrogen (secondary N) is 2. The Hall–Kier alpha value is -2.05. The number of benzene rings is 1. The molecule has 2 rings (SSSR count). The number of hydrazine groups is 1. The van der Waals surface area contributed by atoms with Crippen molar-refractivity contribution < 1.29 is 4.74 Å². The van der Waals surface area contributed by atoms with Gasteiger partial charge in [-0.25, -0.2) is 15.8 Å². The van der Waals surface area contributed by atoms with E-state index in [0.717, 1.165) is 16.8 Å². The van der Waals surface area contributed by atoms with Gasteiger partial charge in [-0.05, 0) is 32.4 Å². The van der Waals surface area contributed by atoms with E-state index >= 15 is 0 Å². The van der Waals surface area contributed by atoms with E-state index in [4.69, 9.17) is 22.2 Å². The lowest BCUT2D eigenvalue weighted by Gasteiger charge is -2.15. The highest BCUT2D eigenvalue weighted by molar-refractivity contribution is 6.31. The van der Waals surface area contributed by atoms with Crippen molar-refractivity contribution in [2.24, 2.45) is 5.84 Å². The first kappa shape index (κ1) is 15.3. The van der Waals surface area contributed by atoms with Gasteiger partial charge in [0.05, 0.1) is 12.8 Å². The number of hydrogen-bond donors (Lipinski definition) is 3. The van der Waals surface area contributed by atoms with Crippen molar-refractivity contribution in [2.75, 3.05) is 17.9 Å². The molecule has 0 saturated carbocycles. The monoisotopic (exact) mass is 307 g/mol. The number of nitrogens with two attached hydrogens (primary N) is 1. The summed E-state index contributed by atoms with van der Waals surface area (Å²) in [5.41, 5.74) is 5.11. The normalized spacial score (nSPS) is 10.4. The second-order valence-electron chi connectivity index (χ2n) is 4.66. The van der Waals surface area contributed by atoms with Gasteiger partial charge in [-0.15, -0.1) is 0 Å². The van der Waals surface area contributed by atoms with Gasteiger partial charge in [-0.1, -0.05) is 11.6 Å². The number of nitrogen functional groups attached to an aromatic ring is 1. The van der Waals surface area contributed by atoms with Crippen molar-refractivity contribution in [1.82, 2.24) is 9.97 Å². The molecular weight excluding hydrogens is 290 g/mol. The number of nitrogens with zero attached hydrogens (tertiary/aromatic N) is 2. The average molecular weight is 308 g/mol. The molecule has 1 aromatic heterocycles. The van der Waals surface area contributed by atoms with Gasteiger partial charge in [0.25, 0.3) is 0 Å². The van der Waals surface area contributed by atoms with Crippen molar-refractivity contribution in [1.29, 1.82) is 0 Å². The fraction of sp³-hybridized carbons (Fsp3) is 0.286. The molecule has 0 aliphatic heterocycles. The highest BCUT2D eigenvalue weighted by atomic mass is 35.5. The van der Waals surface area contributed by atoms with Crippen molar-refractivity contribution in [2.45, 2.75) is 20.8 Å². The average Bonchev–Trinajstić information content (AvgIpc) is 2.45. The third kappa shape index (κ3) is 3.17. The largest absolute Gasteiger partial charge is 0.495 e. The maximum Gasteiger partial charge on any atom is 0.148 e. The summed E-state index contributed by atoms with van der Waals surface area (Å²) < 4.78 is 5.35. The minimum atomic E-state index is 0.578. The van der Waals surface area contributed by atoms with E-state index in [1.54, 1.807) is 20.1 Å². The molecule has 4 N–H and O–H groups in total. The Morgan fingerprint density at radius 3 is 2.43 bits per heavy atom. The van der Waals surface area contributed by atoms with Crippen molar-refractivity contribution in [3.63, 3.8) is 0 Å². The predicted octanol–water partition coefficient (Wildman–Crippen LogP) is 3.09. The summed E-state index contributed by atoms with van der Waals surface area (Å²) in [6.07, 6.45) is 0. The summed E-state index contributed by atoms with van der Waals surface area (Å²) in [6.45, 7) is 5.61. The maximum atomic E-state index is 6.11. The molecule has 7 heteroatoms. The van der Waals surface area contributed by atoms with Gasteiger partial charge < -0.3 is 15.5 Å². The number of halogens is 1. The number of ether oxygens (including phenoxy) is 1. The zero-order valence-corrected chi connectivity index (χ0v) is 13.2. The SMILES string of the molecule is COc1cc(Cl)c(C)cc1Nc1nc(C)nc(NN)c1C. The third-order valence-electron chi connectivity index (χ3n) is 3.13. The molecule has 0 unspecified atom stereocenters. The van der Waals surface area contributed by atoms with E-state index in [9.17, 15) is 0 Å². The highest BCUT2D eigenvalue weighted by Crippen LogP contribution is 2.34. The molecule has 0 aliphatic rings. The van der Waals surface area contributed by atoms with Crippen LogP contribution in [-0.2, 0) is 0 Å². The van der Waals surface area contributed by atoms with Crippen molar-refractivity contribution >= 4 is 28.9 Å². The minimum absolute atomic E-state index is 0.578. The topological polar surface area (TPSA) is 85.1 Å². The van der Waals surface area contributed by atoms with Gasteiger partial charge in [0, 0.05) is 16.7 Å². The molecule has 21 heavy (non-hydrogen) atoms.